The highest BCUT2D eigenvalue weighted by molar-refractivity contribution is 7.90. The molecule has 1 saturated heterocycles. The Morgan fingerprint density at radius 1 is 1.41 bits per heavy atom. The van der Waals surface area contributed by atoms with E-state index in [0.29, 0.717) is 12.2 Å². The van der Waals surface area contributed by atoms with Crippen LogP contribution in [0.3, 0.4) is 0 Å². The Labute approximate surface area is 158 Å². The molecule has 27 heavy (non-hydrogen) atoms. The number of nitrogens with zero attached hydrogens (tertiary/aromatic N) is 1. The molecule has 2 N–H and O–H groups in total. The zero-order valence-electron chi connectivity index (χ0n) is 15.3. The average molecular weight is 393 g/mol. The highest BCUT2D eigenvalue weighted by Crippen LogP contribution is 2.28. The molecule has 1 amide bonds. The Kier molecular flexibility index (Phi) is 5.81. The summed E-state index contributed by atoms with van der Waals surface area (Å²) in [5.41, 5.74) is 0.870. The van der Waals surface area contributed by atoms with Crippen molar-refractivity contribution in [2.75, 3.05) is 20.2 Å². The summed E-state index contributed by atoms with van der Waals surface area (Å²) in [6.07, 6.45) is 1.88. The van der Waals surface area contributed by atoms with Gasteiger partial charge in [-0.1, -0.05) is 5.16 Å². The second-order valence-corrected chi connectivity index (χ2v) is 8.53. The van der Waals surface area contributed by atoms with Gasteiger partial charge in [0.1, 0.15) is 16.4 Å². The van der Waals surface area contributed by atoms with Crippen molar-refractivity contribution in [3.05, 3.63) is 41.3 Å². The second-order valence-electron chi connectivity index (χ2n) is 6.58. The molecule has 2 aromatic rings. The van der Waals surface area contributed by atoms with Crippen LogP contribution in [-0.4, -0.2) is 45.7 Å². The van der Waals surface area contributed by atoms with Gasteiger partial charge in [0.15, 0.2) is 15.6 Å². The van der Waals surface area contributed by atoms with E-state index in [4.69, 9.17) is 9.26 Å². The van der Waals surface area contributed by atoms with Gasteiger partial charge in [-0.15, -0.1) is 0 Å². The monoisotopic (exact) mass is 393 g/mol. The third-order valence-electron chi connectivity index (χ3n) is 4.40. The minimum atomic E-state index is -3.78. The van der Waals surface area contributed by atoms with Crippen molar-refractivity contribution in [3.8, 4) is 5.75 Å². The SMILES string of the molecule is COc1ccc(C(=O)N[C@H]2CCCNC2)cc1S(=O)(=O)Cc1cc(C)no1. The fraction of sp³-hybridized carbons (Fsp3) is 0.444. The van der Waals surface area contributed by atoms with Gasteiger partial charge in [0.2, 0.25) is 0 Å². The molecule has 1 aliphatic heterocycles. The quantitative estimate of drug-likeness (QED) is 0.764. The minimum absolute atomic E-state index is 0.0329. The molecule has 0 spiro atoms. The maximum absolute atomic E-state index is 12.8. The summed E-state index contributed by atoms with van der Waals surface area (Å²) in [4.78, 5) is 12.5. The number of methoxy groups -OCH3 is 1. The summed E-state index contributed by atoms with van der Waals surface area (Å²) in [7, 11) is -2.39. The fourth-order valence-electron chi connectivity index (χ4n) is 3.05. The van der Waals surface area contributed by atoms with E-state index in [2.05, 4.69) is 15.8 Å². The van der Waals surface area contributed by atoms with Crippen LogP contribution in [0.5, 0.6) is 5.75 Å². The van der Waals surface area contributed by atoms with Gasteiger partial charge in [0.05, 0.1) is 12.8 Å². The maximum atomic E-state index is 12.8. The number of rotatable bonds is 6. The van der Waals surface area contributed by atoms with Crippen LogP contribution in [-0.2, 0) is 15.6 Å². The fourth-order valence-corrected chi connectivity index (χ4v) is 4.48. The van der Waals surface area contributed by atoms with Gasteiger partial charge in [-0.25, -0.2) is 8.42 Å². The number of hydrogen-bond acceptors (Lipinski definition) is 7. The molecule has 0 saturated carbocycles. The first kappa shape index (κ1) is 19.4. The molecule has 1 aromatic heterocycles. The van der Waals surface area contributed by atoms with Crippen LogP contribution in [0.4, 0.5) is 0 Å². The van der Waals surface area contributed by atoms with Gasteiger partial charge in [-0.05, 0) is 44.5 Å². The van der Waals surface area contributed by atoms with Gasteiger partial charge >= 0.3 is 0 Å². The van der Waals surface area contributed by atoms with Crippen LogP contribution in [0.15, 0.2) is 33.7 Å². The molecule has 1 aromatic carbocycles. The van der Waals surface area contributed by atoms with Gasteiger partial charge in [0.25, 0.3) is 5.91 Å². The van der Waals surface area contributed by atoms with E-state index >= 15 is 0 Å². The van der Waals surface area contributed by atoms with Gasteiger partial charge in [0, 0.05) is 24.2 Å². The highest BCUT2D eigenvalue weighted by atomic mass is 32.2. The third kappa shape index (κ3) is 4.67. The number of hydrogen-bond donors (Lipinski definition) is 2. The van der Waals surface area contributed by atoms with Gasteiger partial charge < -0.3 is 19.9 Å². The first-order chi connectivity index (χ1) is 12.9. The summed E-state index contributed by atoms with van der Waals surface area (Å²) < 4.78 is 35.9. The van der Waals surface area contributed by atoms with E-state index in [1.807, 2.05) is 0 Å². The Balaban J connectivity index is 1.85. The van der Waals surface area contributed by atoms with E-state index in [1.165, 1.54) is 19.2 Å². The molecule has 3 rings (SSSR count). The number of amides is 1. The van der Waals surface area contributed by atoms with E-state index < -0.39 is 9.84 Å². The lowest BCUT2D eigenvalue weighted by Crippen LogP contribution is -2.45. The van der Waals surface area contributed by atoms with Crippen molar-refractivity contribution in [2.45, 2.75) is 36.5 Å². The Morgan fingerprint density at radius 3 is 2.85 bits per heavy atom. The van der Waals surface area contributed by atoms with Crippen molar-refractivity contribution >= 4 is 15.7 Å². The number of sulfone groups is 1. The van der Waals surface area contributed by atoms with Crippen LogP contribution >= 0.6 is 0 Å². The Bertz CT molecular complexity index is 917. The molecule has 0 bridgehead atoms. The standard InChI is InChI=1S/C18H23N3O5S/c1-12-8-15(26-21-12)11-27(23,24)17-9-13(5-6-16(17)25-2)18(22)20-14-4-3-7-19-10-14/h5-6,8-9,14,19H,3-4,7,10-11H2,1-2H3,(H,20,22)/t14-/m0/s1. The second kappa shape index (κ2) is 8.10. The summed E-state index contributed by atoms with van der Waals surface area (Å²) in [6, 6.07) is 6.00. The number of nitrogens with one attached hydrogen (secondary N) is 2. The van der Waals surface area contributed by atoms with E-state index in [9.17, 15) is 13.2 Å². The molecule has 0 radical (unpaired) electrons. The van der Waals surface area contributed by atoms with Crippen LogP contribution in [0.1, 0.15) is 34.7 Å². The van der Waals surface area contributed by atoms with Gasteiger partial charge in [-0.3, -0.25) is 4.79 Å². The largest absolute Gasteiger partial charge is 0.495 e. The van der Waals surface area contributed by atoms with Crippen molar-refractivity contribution in [3.63, 3.8) is 0 Å². The average Bonchev–Trinajstić information content (AvgIpc) is 3.06. The Morgan fingerprint density at radius 2 is 2.22 bits per heavy atom. The predicted octanol–water partition coefficient (Wildman–Crippen LogP) is 1.45. The first-order valence-electron chi connectivity index (χ1n) is 8.73. The highest BCUT2D eigenvalue weighted by Gasteiger charge is 2.25. The molecule has 1 aliphatic rings. The number of aryl methyl sites for hydroxylation is 1. The van der Waals surface area contributed by atoms with E-state index in [1.54, 1.807) is 19.1 Å². The lowest BCUT2D eigenvalue weighted by Gasteiger charge is -2.24. The molecule has 146 valence electrons. The number of ether oxygens (including phenoxy) is 1. The topological polar surface area (TPSA) is 111 Å². The van der Waals surface area contributed by atoms with Gasteiger partial charge in [-0.2, -0.15) is 0 Å². The molecule has 0 aliphatic carbocycles. The van der Waals surface area contributed by atoms with E-state index in [-0.39, 0.29) is 39.7 Å². The minimum Gasteiger partial charge on any atom is -0.495 e. The summed E-state index contributed by atoms with van der Waals surface area (Å²) in [5, 5.41) is 9.87. The molecule has 1 atom stereocenters. The zero-order valence-corrected chi connectivity index (χ0v) is 16.1. The van der Waals surface area contributed by atoms with Crippen molar-refractivity contribution in [1.82, 2.24) is 15.8 Å². The smallest absolute Gasteiger partial charge is 0.251 e. The third-order valence-corrected chi connectivity index (χ3v) is 6.06. The molecule has 2 heterocycles. The molecular formula is C18H23N3O5S. The summed E-state index contributed by atoms with van der Waals surface area (Å²) in [5.74, 6) is -0.250. The van der Waals surface area contributed by atoms with Crippen LogP contribution < -0.4 is 15.4 Å². The van der Waals surface area contributed by atoms with Crippen LogP contribution in [0.25, 0.3) is 0 Å². The first-order valence-corrected chi connectivity index (χ1v) is 10.4. The summed E-state index contributed by atoms with van der Waals surface area (Å²) in [6.45, 7) is 3.36. The molecule has 1 fully saturated rings. The number of carbonyl (C=O) groups is 1. The lowest BCUT2D eigenvalue weighted by molar-refractivity contribution is 0.0930. The number of carbonyl (C=O) groups excluding carboxylic acids is 1. The van der Waals surface area contributed by atoms with Crippen LogP contribution in [0, 0.1) is 6.92 Å². The molecule has 9 heteroatoms. The number of aromatic nitrogens is 1. The molecule has 0 unspecified atom stereocenters. The van der Waals surface area contributed by atoms with Crippen molar-refractivity contribution in [1.29, 1.82) is 0 Å². The van der Waals surface area contributed by atoms with Crippen molar-refractivity contribution in [2.24, 2.45) is 0 Å². The summed E-state index contributed by atoms with van der Waals surface area (Å²) >= 11 is 0. The predicted molar refractivity (Wildman–Crippen MR) is 98.5 cm³/mol. The van der Waals surface area contributed by atoms with Crippen LogP contribution in [0.2, 0.25) is 0 Å². The lowest BCUT2D eigenvalue weighted by atomic mass is 10.1. The van der Waals surface area contributed by atoms with E-state index in [0.717, 1.165) is 19.4 Å². The number of benzene rings is 1. The normalized spacial score (nSPS) is 17.5. The maximum Gasteiger partial charge on any atom is 0.251 e. The number of piperidine rings is 1. The van der Waals surface area contributed by atoms with Crippen molar-refractivity contribution < 1.29 is 22.5 Å². The molecular weight excluding hydrogens is 370 g/mol. The zero-order chi connectivity index (χ0) is 19.4. The molecule has 8 nitrogen and oxygen atoms in total. The Hall–Kier alpha value is -2.39.